The van der Waals surface area contributed by atoms with E-state index in [2.05, 4.69) is 20.5 Å². The molecule has 7 nitrogen and oxygen atoms in total. The third kappa shape index (κ3) is 4.46. The number of nitrogens with zero attached hydrogens (tertiary/aromatic N) is 4. The minimum atomic E-state index is -0.330. The normalized spacial score (nSPS) is 11.8. The van der Waals surface area contributed by atoms with Crippen molar-refractivity contribution in [3.8, 4) is 17.1 Å². The largest absolute Gasteiger partial charge is 0.497 e. The van der Waals surface area contributed by atoms with E-state index in [1.54, 1.807) is 31.6 Å². The zero-order valence-corrected chi connectivity index (χ0v) is 16.2. The Morgan fingerprint density at radius 1 is 1.26 bits per heavy atom. The molecule has 140 valence electrons. The van der Waals surface area contributed by atoms with Gasteiger partial charge >= 0.3 is 0 Å². The number of hydrogen-bond donors (Lipinski definition) is 1. The second-order valence-corrected chi connectivity index (χ2v) is 7.08. The Balaban J connectivity index is 1.70. The molecular weight excluding hydrogens is 362 g/mol. The second-order valence-electron chi connectivity index (χ2n) is 5.77. The van der Waals surface area contributed by atoms with Crippen molar-refractivity contribution in [3.63, 3.8) is 0 Å². The first-order valence-electron chi connectivity index (χ1n) is 8.57. The van der Waals surface area contributed by atoms with Crippen LogP contribution in [0.2, 0.25) is 0 Å². The summed E-state index contributed by atoms with van der Waals surface area (Å²) in [6.45, 7) is 4.57. The fourth-order valence-electron chi connectivity index (χ4n) is 2.50. The highest BCUT2D eigenvalue weighted by atomic mass is 32.2. The summed E-state index contributed by atoms with van der Waals surface area (Å²) in [7, 11) is 1.61. The Bertz CT molecular complexity index is 896. The molecule has 1 unspecified atom stereocenters. The third-order valence-electron chi connectivity index (χ3n) is 3.96. The van der Waals surface area contributed by atoms with Gasteiger partial charge in [0, 0.05) is 30.2 Å². The fraction of sp³-hybridized carbons (Fsp3) is 0.263. The molecule has 3 rings (SSSR count). The van der Waals surface area contributed by atoms with Crippen LogP contribution >= 0.6 is 11.8 Å². The first kappa shape index (κ1) is 18.9. The van der Waals surface area contributed by atoms with E-state index in [0.717, 1.165) is 22.8 Å². The van der Waals surface area contributed by atoms with E-state index < -0.39 is 0 Å². The minimum absolute atomic E-state index is 0.0984. The maximum atomic E-state index is 12.5. The highest BCUT2D eigenvalue weighted by molar-refractivity contribution is 8.00. The average molecular weight is 383 g/mol. The van der Waals surface area contributed by atoms with Crippen molar-refractivity contribution in [1.82, 2.24) is 19.7 Å². The van der Waals surface area contributed by atoms with Gasteiger partial charge in [0.1, 0.15) is 5.75 Å². The lowest BCUT2D eigenvalue weighted by Crippen LogP contribution is -2.22. The van der Waals surface area contributed by atoms with E-state index in [4.69, 9.17) is 4.74 Å². The predicted molar refractivity (Wildman–Crippen MR) is 106 cm³/mol. The standard InChI is InChI=1S/C19H21N5O2S/c1-4-24-17(14-6-5-11-20-12-14)22-23-19(24)27-13(2)18(25)21-15-7-9-16(26-3)10-8-15/h5-13H,4H2,1-3H3,(H,21,25). The molecule has 8 heteroatoms. The molecule has 27 heavy (non-hydrogen) atoms. The lowest BCUT2D eigenvalue weighted by molar-refractivity contribution is -0.115. The first-order valence-corrected chi connectivity index (χ1v) is 9.45. The van der Waals surface area contributed by atoms with Crippen LogP contribution in [0.25, 0.3) is 11.4 Å². The van der Waals surface area contributed by atoms with Gasteiger partial charge in [-0.3, -0.25) is 9.78 Å². The van der Waals surface area contributed by atoms with Crippen LogP contribution in [0.4, 0.5) is 5.69 Å². The van der Waals surface area contributed by atoms with E-state index in [0.29, 0.717) is 11.7 Å². The molecule has 0 aliphatic carbocycles. The molecule has 0 spiro atoms. The smallest absolute Gasteiger partial charge is 0.237 e. The zero-order chi connectivity index (χ0) is 19.2. The average Bonchev–Trinajstić information content (AvgIpc) is 3.11. The molecule has 1 aromatic carbocycles. The van der Waals surface area contributed by atoms with Crippen molar-refractivity contribution >= 4 is 23.4 Å². The van der Waals surface area contributed by atoms with Crippen LogP contribution in [0, 0.1) is 0 Å². The number of benzene rings is 1. The summed E-state index contributed by atoms with van der Waals surface area (Å²) < 4.78 is 7.11. The van der Waals surface area contributed by atoms with E-state index in [-0.39, 0.29) is 11.2 Å². The number of ether oxygens (including phenoxy) is 1. The number of methoxy groups -OCH3 is 1. The summed E-state index contributed by atoms with van der Waals surface area (Å²) >= 11 is 1.38. The summed E-state index contributed by atoms with van der Waals surface area (Å²) in [5, 5.41) is 11.8. The Morgan fingerprint density at radius 3 is 2.67 bits per heavy atom. The van der Waals surface area contributed by atoms with E-state index in [1.807, 2.05) is 42.7 Å². The van der Waals surface area contributed by atoms with E-state index in [9.17, 15) is 4.79 Å². The van der Waals surface area contributed by atoms with Gasteiger partial charge in [-0.25, -0.2) is 0 Å². The van der Waals surface area contributed by atoms with Gasteiger partial charge in [-0.1, -0.05) is 11.8 Å². The van der Waals surface area contributed by atoms with Crippen molar-refractivity contribution < 1.29 is 9.53 Å². The lowest BCUT2D eigenvalue weighted by Gasteiger charge is -2.13. The number of amides is 1. The summed E-state index contributed by atoms with van der Waals surface area (Å²) in [4.78, 5) is 16.7. The molecule has 0 bridgehead atoms. The van der Waals surface area contributed by atoms with Gasteiger partial charge in [0.15, 0.2) is 11.0 Å². The van der Waals surface area contributed by atoms with Crippen molar-refractivity contribution in [2.45, 2.75) is 30.8 Å². The number of hydrogen-bond acceptors (Lipinski definition) is 6. The monoisotopic (exact) mass is 383 g/mol. The van der Waals surface area contributed by atoms with Crippen LogP contribution in [-0.4, -0.2) is 38.0 Å². The SMILES string of the molecule is CCn1c(SC(C)C(=O)Nc2ccc(OC)cc2)nnc1-c1cccnc1. The van der Waals surface area contributed by atoms with Crippen molar-refractivity contribution in [3.05, 3.63) is 48.8 Å². The molecule has 0 saturated carbocycles. The van der Waals surface area contributed by atoms with E-state index in [1.165, 1.54) is 11.8 Å². The Labute approximate surface area is 162 Å². The second kappa shape index (κ2) is 8.68. The van der Waals surface area contributed by atoms with Crippen LogP contribution in [0.15, 0.2) is 53.9 Å². The minimum Gasteiger partial charge on any atom is -0.497 e. The molecule has 0 aliphatic heterocycles. The third-order valence-corrected chi connectivity index (χ3v) is 5.04. The van der Waals surface area contributed by atoms with Crippen LogP contribution in [-0.2, 0) is 11.3 Å². The van der Waals surface area contributed by atoms with Gasteiger partial charge in [-0.15, -0.1) is 10.2 Å². The van der Waals surface area contributed by atoms with Crippen molar-refractivity contribution in [2.75, 3.05) is 12.4 Å². The Hall–Kier alpha value is -2.87. The number of nitrogens with one attached hydrogen (secondary N) is 1. The summed E-state index contributed by atoms with van der Waals surface area (Å²) in [5.74, 6) is 1.39. The first-order chi connectivity index (χ1) is 13.1. The topological polar surface area (TPSA) is 81.9 Å². The number of thioether (sulfide) groups is 1. The molecule has 2 heterocycles. The summed E-state index contributed by atoms with van der Waals surface area (Å²) in [5.41, 5.74) is 1.62. The highest BCUT2D eigenvalue weighted by Gasteiger charge is 2.20. The van der Waals surface area contributed by atoms with Crippen LogP contribution < -0.4 is 10.1 Å². The van der Waals surface area contributed by atoms with Gasteiger partial charge in [-0.2, -0.15) is 0 Å². The summed E-state index contributed by atoms with van der Waals surface area (Å²) in [6, 6.07) is 11.0. The predicted octanol–water partition coefficient (Wildman–Crippen LogP) is 3.49. The number of anilines is 1. The van der Waals surface area contributed by atoms with Crippen LogP contribution in [0.1, 0.15) is 13.8 Å². The Morgan fingerprint density at radius 2 is 2.04 bits per heavy atom. The number of rotatable bonds is 7. The molecule has 0 aliphatic rings. The van der Waals surface area contributed by atoms with Gasteiger partial charge in [0.05, 0.1) is 12.4 Å². The highest BCUT2D eigenvalue weighted by Crippen LogP contribution is 2.27. The molecule has 1 N–H and O–H groups in total. The maximum absolute atomic E-state index is 12.5. The molecule has 2 aromatic heterocycles. The van der Waals surface area contributed by atoms with Crippen LogP contribution in [0.3, 0.4) is 0 Å². The number of pyridine rings is 1. The van der Waals surface area contributed by atoms with Crippen LogP contribution in [0.5, 0.6) is 5.75 Å². The number of carbonyl (C=O) groups is 1. The van der Waals surface area contributed by atoms with Gasteiger partial charge in [0.25, 0.3) is 0 Å². The molecule has 1 atom stereocenters. The maximum Gasteiger partial charge on any atom is 0.237 e. The van der Waals surface area contributed by atoms with Gasteiger partial charge in [-0.05, 0) is 50.2 Å². The molecular formula is C19H21N5O2S. The quantitative estimate of drug-likeness (QED) is 0.629. The van der Waals surface area contributed by atoms with Gasteiger partial charge in [0.2, 0.25) is 5.91 Å². The Kier molecular flexibility index (Phi) is 6.08. The molecule has 3 aromatic rings. The molecule has 1 amide bonds. The number of carbonyl (C=O) groups excluding carboxylic acids is 1. The van der Waals surface area contributed by atoms with Crippen molar-refractivity contribution in [1.29, 1.82) is 0 Å². The lowest BCUT2D eigenvalue weighted by atomic mass is 10.3. The van der Waals surface area contributed by atoms with Crippen molar-refractivity contribution in [2.24, 2.45) is 0 Å². The van der Waals surface area contributed by atoms with E-state index >= 15 is 0 Å². The number of aromatic nitrogens is 4. The van der Waals surface area contributed by atoms with Gasteiger partial charge < -0.3 is 14.6 Å². The molecule has 0 saturated heterocycles. The fourth-order valence-corrected chi connectivity index (χ4v) is 3.41. The molecule has 0 fully saturated rings. The zero-order valence-electron chi connectivity index (χ0n) is 15.4. The summed E-state index contributed by atoms with van der Waals surface area (Å²) in [6.07, 6.45) is 3.47. The molecule has 0 radical (unpaired) electrons.